The van der Waals surface area contributed by atoms with Gasteiger partial charge < -0.3 is 20.1 Å². The summed E-state index contributed by atoms with van der Waals surface area (Å²) in [6, 6.07) is 0.289. The smallest absolute Gasteiger partial charge is 0.330 e. The molecule has 2 saturated carbocycles. The maximum atomic E-state index is 15.5. The zero-order valence-corrected chi connectivity index (χ0v) is 30.4. The second-order valence-corrected chi connectivity index (χ2v) is 14.8. The average Bonchev–Trinajstić information content (AvgIpc) is 3.18. The van der Waals surface area contributed by atoms with Gasteiger partial charge in [0.1, 0.15) is 49.4 Å². The lowest BCUT2D eigenvalue weighted by atomic mass is 9.64. The Labute approximate surface area is 313 Å². The fraction of sp³-hybridized carbons (Fsp3) is 0.750. The Bertz CT molecular complexity index is 1230. The lowest BCUT2D eigenvalue weighted by Gasteiger charge is -2.47. The first kappa shape index (κ1) is 43.6. The third kappa shape index (κ3) is 11.5. The van der Waals surface area contributed by atoms with Crippen molar-refractivity contribution in [2.75, 3.05) is 26.3 Å². The fourth-order valence-corrected chi connectivity index (χ4v) is 7.96. The molecule has 0 spiro atoms. The summed E-state index contributed by atoms with van der Waals surface area (Å²) in [4.78, 5) is 22.2. The quantitative estimate of drug-likeness (QED) is 0.0712. The van der Waals surface area contributed by atoms with Gasteiger partial charge >= 0.3 is 11.9 Å². The highest BCUT2D eigenvalue weighted by Gasteiger charge is 2.63. The van der Waals surface area contributed by atoms with E-state index in [1.807, 2.05) is 0 Å². The number of unbranched alkanes of at least 4 members (excludes halogenated alkanes) is 2. The number of hydrogen-bond acceptors (Lipinski definition) is 6. The molecular formula is C40H52F8N2O4. The topological polar surface area (TPSA) is 76.7 Å². The van der Waals surface area contributed by atoms with Crippen LogP contribution in [0.3, 0.4) is 0 Å². The van der Waals surface area contributed by atoms with Crippen LogP contribution in [0.1, 0.15) is 64.2 Å². The standard InChI is InChI=1S/C40H52F8N2O4/c1-3-29(51)53-19-7-5-9-25-15-11-23(21-49-25)13-17-27-33(41)37(45)31(38(46)34(27)42)32-39(47)35(43)28(36(44)40(32)48)18-14-24-12-16-26(50-22-24)10-6-8-20-54-30(52)4-2/h3-4,23-28,31-40,49-50H,1-2,5-12,15-16,19-22H2. The van der Waals surface area contributed by atoms with E-state index in [1.165, 1.54) is 0 Å². The Balaban J connectivity index is 1.26. The molecule has 0 bridgehead atoms. The third-order valence-corrected chi connectivity index (χ3v) is 11.2. The monoisotopic (exact) mass is 776 g/mol. The maximum absolute atomic E-state index is 15.5. The molecule has 0 aromatic carbocycles. The Kier molecular flexibility index (Phi) is 17.2. The van der Waals surface area contributed by atoms with Crippen molar-refractivity contribution < 1.29 is 54.2 Å². The molecule has 12 unspecified atom stereocenters. The van der Waals surface area contributed by atoms with Crippen LogP contribution in [0.2, 0.25) is 0 Å². The molecule has 0 radical (unpaired) electrons. The molecule has 6 nitrogen and oxygen atoms in total. The van der Waals surface area contributed by atoms with E-state index in [0.717, 1.165) is 37.8 Å². The van der Waals surface area contributed by atoms with Gasteiger partial charge in [-0.1, -0.05) is 36.8 Å². The molecule has 4 aliphatic rings. The van der Waals surface area contributed by atoms with Crippen LogP contribution in [-0.4, -0.2) is 99.7 Å². The minimum atomic E-state index is -2.95. The predicted molar refractivity (Wildman–Crippen MR) is 188 cm³/mol. The van der Waals surface area contributed by atoms with Gasteiger partial charge in [-0.15, -0.1) is 0 Å². The summed E-state index contributed by atoms with van der Waals surface area (Å²) in [6.07, 6.45) is -13.7. The summed E-state index contributed by atoms with van der Waals surface area (Å²) in [6.45, 7) is 7.93. The molecule has 0 amide bonds. The highest BCUT2D eigenvalue weighted by Crippen LogP contribution is 2.49. The molecule has 4 fully saturated rings. The molecule has 302 valence electrons. The van der Waals surface area contributed by atoms with Gasteiger partial charge in [0.15, 0.2) is 0 Å². The van der Waals surface area contributed by atoms with Crippen LogP contribution in [0.15, 0.2) is 25.3 Å². The number of halogens is 8. The molecule has 0 aromatic heterocycles. The molecule has 2 N–H and O–H groups in total. The Morgan fingerprint density at radius 1 is 0.537 bits per heavy atom. The van der Waals surface area contributed by atoms with E-state index < -0.39 is 85.0 Å². The number of hydrogen-bond donors (Lipinski definition) is 2. The van der Waals surface area contributed by atoms with Crippen molar-refractivity contribution in [3.05, 3.63) is 25.3 Å². The molecular weight excluding hydrogens is 724 g/mol. The molecule has 12 atom stereocenters. The molecule has 14 heteroatoms. The second kappa shape index (κ2) is 21.3. The first-order valence-electron chi connectivity index (χ1n) is 19.1. The number of alkyl halides is 8. The summed E-state index contributed by atoms with van der Waals surface area (Å²) in [7, 11) is 0. The van der Waals surface area contributed by atoms with Crippen molar-refractivity contribution in [1.29, 1.82) is 0 Å². The number of esters is 2. The fourth-order valence-electron chi connectivity index (χ4n) is 7.96. The van der Waals surface area contributed by atoms with E-state index in [1.54, 1.807) is 0 Å². The summed E-state index contributed by atoms with van der Waals surface area (Å²) < 4.78 is 133. The van der Waals surface area contributed by atoms with Crippen molar-refractivity contribution in [2.45, 2.75) is 126 Å². The van der Waals surface area contributed by atoms with Gasteiger partial charge in [0.2, 0.25) is 0 Å². The molecule has 2 aliphatic heterocycles. The van der Waals surface area contributed by atoms with Gasteiger partial charge in [-0.25, -0.2) is 44.7 Å². The molecule has 2 heterocycles. The van der Waals surface area contributed by atoms with Crippen LogP contribution in [0.5, 0.6) is 0 Å². The lowest BCUT2D eigenvalue weighted by molar-refractivity contribution is -0.147. The van der Waals surface area contributed by atoms with Crippen molar-refractivity contribution in [3.63, 3.8) is 0 Å². The number of piperidine rings is 2. The molecule has 2 aliphatic carbocycles. The number of carbonyl (C=O) groups excluding carboxylic acids is 2. The molecule has 4 rings (SSSR count). The van der Waals surface area contributed by atoms with Crippen molar-refractivity contribution in [3.8, 4) is 23.7 Å². The summed E-state index contributed by atoms with van der Waals surface area (Å²) in [5.74, 6) is -0.962. The van der Waals surface area contributed by atoms with Gasteiger partial charge in [-0.2, -0.15) is 0 Å². The van der Waals surface area contributed by atoms with Crippen LogP contribution in [0.25, 0.3) is 0 Å². The molecule has 54 heavy (non-hydrogen) atoms. The van der Waals surface area contributed by atoms with Gasteiger partial charge in [0.25, 0.3) is 0 Å². The van der Waals surface area contributed by atoms with Gasteiger partial charge in [-0.05, 0) is 64.2 Å². The van der Waals surface area contributed by atoms with Crippen LogP contribution in [0.4, 0.5) is 35.1 Å². The normalized spacial score (nSPS) is 39.5. The highest BCUT2D eigenvalue weighted by atomic mass is 19.2. The molecule has 0 aromatic rings. The van der Waals surface area contributed by atoms with E-state index in [9.17, 15) is 9.59 Å². The minimum Gasteiger partial charge on any atom is -0.463 e. The van der Waals surface area contributed by atoms with Crippen LogP contribution >= 0.6 is 0 Å². The Morgan fingerprint density at radius 2 is 0.889 bits per heavy atom. The number of nitrogens with one attached hydrogen (secondary N) is 2. The van der Waals surface area contributed by atoms with Gasteiger partial charge in [0.05, 0.1) is 25.0 Å². The first-order valence-corrected chi connectivity index (χ1v) is 19.1. The zero-order chi connectivity index (χ0) is 39.4. The minimum absolute atomic E-state index is 0.145. The Morgan fingerprint density at radius 3 is 1.19 bits per heavy atom. The van der Waals surface area contributed by atoms with Gasteiger partial charge in [-0.3, -0.25) is 0 Å². The van der Waals surface area contributed by atoms with E-state index in [-0.39, 0.29) is 37.1 Å². The Hall–Kier alpha value is -3.10. The van der Waals surface area contributed by atoms with Crippen LogP contribution in [0, 0.1) is 59.2 Å². The number of ether oxygens (including phenoxy) is 2. The van der Waals surface area contributed by atoms with Crippen LogP contribution < -0.4 is 10.6 Å². The number of carbonyl (C=O) groups is 2. The van der Waals surface area contributed by atoms with Gasteiger partial charge in [0, 0.05) is 61.0 Å². The van der Waals surface area contributed by atoms with Crippen molar-refractivity contribution in [1.82, 2.24) is 10.6 Å². The summed E-state index contributed by atoms with van der Waals surface area (Å²) in [5, 5.41) is 6.56. The van der Waals surface area contributed by atoms with Crippen molar-refractivity contribution in [2.24, 2.45) is 35.5 Å². The van der Waals surface area contributed by atoms with E-state index >= 15 is 35.1 Å². The molecule has 2 saturated heterocycles. The maximum Gasteiger partial charge on any atom is 0.330 e. The first-order chi connectivity index (χ1) is 25.9. The lowest BCUT2D eigenvalue weighted by Crippen LogP contribution is -2.62. The van der Waals surface area contributed by atoms with Crippen LogP contribution in [-0.2, 0) is 19.1 Å². The SMILES string of the molecule is C=CC(=O)OCCCCC1CCC(C#CC2C(F)C(F)C(C3C(F)C(F)C(C#CC4CCC(CCCCOC(=O)C=C)NC4)C(F)C3F)C(F)C2F)CN1. The van der Waals surface area contributed by atoms with E-state index in [2.05, 4.69) is 47.5 Å². The zero-order valence-electron chi connectivity index (χ0n) is 30.4. The van der Waals surface area contributed by atoms with E-state index in [4.69, 9.17) is 9.47 Å². The highest BCUT2D eigenvalue weighted by molar-refractivity contribution is 5.81. The predicted octanol–water partition coefficient (Wildman–Crippen LogP) is 6.73. The van der Waals surface area contributed by atoms with E-state index in [0.29, 0.717) is 51.6 Å². The second-order valence-electron chi connectivity index (χ2n) is 14.8. The summed E-state index contributed by atoms with van der Waals surface area (Å²) >= 11 is 0. The third-order valence-electron chi connectivity index (χ3n) is 11.2. The summed E-state index contributed by atoms with van der Waals surface area (Å²) in [5.41, 5.74) is 0. The number of rotatable bonds is 13. The van der Waals surface area contributed by atoms with Crippen molar-refractivity contribution >= 4 is 11.9 Å². The average molecular weight is 777 g/mol. The largest absolute Gasteiger partial charge is 0.463 e.